The summed E-state index contributed by atoms with van der Waals surface area (Å²) in [6, 6.07) is 14.8. The summed E-state index contributed by atoms with van der Waals surface area (Å²) in [6.45, 7) is 2.26. The molecule has 126 valence electrons. The Balaban J connectivity index is 1.59. The minimum atomic E-state index is -0.0832. The number of fused-ring (bicyclic) bond motifs is 1. The normalized spacial score (nSPS) is 16.3. The maximum atomic E-state index is 12.0. The average Bonchev–Trinajstić information content (AvgIpc) is 2.64. The van der Waals surface area contributed by atoms with Crippen LogP contribution < -0.4 is 10.7 Å². The van der Waals surface area contributed by atoms with E-state index in [2.05, 4.69) is 34.0 Å². The summed E-state index contributed by atoms with van der Waals surface area (Å²) in [6.07, 6.45) is 6.19. The maximum Gasteiger partial charge on any atom is 0.254 e. The van der Waals surface area contributed by atoms with Gasteiger partial charge in [-0.1, -0.05) is 61.7 Å². The second kappa shape index (κ2) is 8.06. The van der Waals surface area contributed by atoms with E-state index in [9.17, 15) is 4.79 Å². The summed E-state index contributed by atoms with van der Waals surface area (Å²) in [5.74, 6) is -0.0832. The van der Waals surface area contributed by atoms with Crippen LogP contribution in [0.15, 0.2) is 47.6 Å². The van der Waals surface area contributed by atoms with Crippen LogP contribution in [0.5, 0.6) is 0 Å². The number of nitrogens with zero attached hydrogens (tertiary/aromatic N) is 1. The molecule has 1 saturated carbocycles. The van der Waals surface area contributed by atoms with Crippen molar-refractivity contribution in [1.82, 2.24) is 10.7 Å². The lowest BCUT2D eigenvalue weighted by atomic mass is 9.95. The third kappa shape index (κ3) is 4.20. The SMILES string of the molecule is C/C(=N/NC(=O)CNC1CCCCC1)c1cccc2ccccc12. The molecule has 0 spiro atoms. The molecule has 0 aromatic heterocycles. The number of benzene rings is 2. The van der Waals surface area contributed by atoms with Gasteiger partial charge in [-0.15, -0.1) is 0 Å². The van der Waals surface area contributed by atoms with Crippen LogP contribution in [0.3, 0.4) is 0 Å². The quantitative estimate of drug-likeness (QED) is 0.652. The summed E-state index contributed by atoms with van der Waals surface area (Å²) in [5.41, 5.74) is 4.54. The minimum Gasteiger partial charge on any atom is -0.306 e. The first-order valence-electron chi connectivity index (χ1n) is 8.78. The molecule has 2 aromatic rings. The van der Waals surface area contributed by atoms with E-state index in [1.165, 1.54) is 37.5 Å². The molecule has 4 heteroatoms. The van der Waals surface area contributed by atoms with E-state index in [4.69, 9.17) is 0 Å². The summed E-state index contributed by atoms with van der Waals surface area (Å²) in [5, 5.41) is 9.94. The van der Waals surface area contributed by atoms with Crippen LogP contribution in [0.1, 0.15) is 44.6 Å². The van der Waals surface area contributed by atoms with Crippen molar-refractivity contribution in [3.8, 4) is 0 Å². The Hall–Kier alpha value is -2.20. The number of carbonyl (C=O) groups is 1. The molecule has 4 nitrogen and oxygen atoms in total. The van der Waals surface area contributed by atoms with Gasteiger partial charge in [-0.05, 0) is 30.5 Å². The van der Waals surface area contributed by atoms with Gasteiger partial charge in [0.15, 0.2) is 0 Å². The van der Waals surface area contributed by atoms with Gasteiger partial charge in [0.2, 0.25) is 0 Å². The summed E-state index contributed by atoms with van der Waals surface area (Å²) in [4.78, 5) is 12.0. The third-order valence-electron chi connectivity index (χ3n) is 4.68. The molecule has 2 N–H and O–H groups in total. The predicted octanol–water partition coefficient (Wildman–Crippen LogP) is 3.60. The first kappa shape index (κ1) is 16.7. The molecule has 0 heterocycles. The summed E-state index contributed by atoms with van der Waals surface area (Å²) in [7, 11) is 0. The average molecular weight is 323 g/mol. The number of hydrogen-bond acceptors (Lipinski definition) is 3. The van der Waals surface area contributed by atoms with Crippen molar-refractivity contribution in [2.24, 2.45) is 5.10 Å². The molecule has 1 amide bonds. The zero-order chi connectivity index (χ0) is 16.8. The highest BCUT2D eigenvalue weighted by Gasteiger charge is 2.13. The molecule has 0 radical (unpaired) electrons. The molecule has 0 unspecified atom stereocenters. The van der Waals surface area contributed by atoms with Gasteiger partial charge in [-0.2, -0.15) is 5.10 Å². The standard InChI is InChI=1S/C20H25N3O/c1-15(18-13-7-9-16-8-5-6-12-19(16)18)22-23-20(24)14-21-17-10-3-2-4-11-17/h5-9,12-13,17,21H,2-4,10-11,14H2,1H3,(H,23,24)/b22-15-. The van der Waals surface area contributed by atoms with Crippen LogP contribution in [-0.2, 0) is 4.79 Å². The van der Waals surface area contributed by atoms with Crippen LogP contribution in [0.25, 0.3) is 10.8 Å². The second-order valence-corrected chi connectivity index (χ2v) is 6.47. The summed E-state index contributed by atoms with van der Waals surface area (Å²) < 4.78 is 0. The number of amides is 1. The van der Waals surface area contributed by atoms with Gasteiger partial charge < -0.3 is 5.32 Å². The molecule has 24 heavy (non-hydrogen) atoms. The van der Waals surface area contributed by atoms with Crippen LogP contribution in [0.2, 0.25) is 0 Å². The zero-order valence-corrected chi connectivity index (χ0v) is 14.2. The first-order valence-corrected chi connectivity index (χ1v) is 8.78. The van der Waals surface area contributed by atoms with E-state index in [0.29, 0.717) is 12.6 Å². The van der Waals surface area contributed by atoms with Crippen molar-refractivity contribution < 1.29 is 4.79 Å². The second-order valence-electron chi connectivity index (χ2n) is 6.47. The Morgan fingerprint density at radius 1 is 1.08 bits per heavy atom. The third-order valence-corrected chi connectivity index (χ3v) is 4.68. The lowest BCUT2D eigenvalue weighted by Gasteiger charge is -2.22. The fourth-order valence-electron chi connectivity index (χ4n) is 3.33. The largest absolute Gasteiger partial charge is 0.306 e. The van der Waals surface area contributed by atoms with Crippen LogP contribution in [-0.4, -0.2) is 24.2 Å². The monoisotopic (exact) mass is 323 g/mol. The van der Waals surface area contributed by atoms with Gasteiger partial charge in [-0.25, -0.2) is 5.43 Å². The number of nitrogens with one attached hydrogen (secondary N) is 2. The topological polar surface area (TPSA) is 53.5 Å². The molecule has 1 aliphatic carbocycles. The van der Waals surface area contributed by atoms with Crippen molar-refractivity contribution in [2.45, 2.75) is 45.1 Å². The highest BCUT2D eigenvalue weighted by molar-refractivity contribution is 6.09. The molecule has 1 aliphatic rings. The van der Waals surface area contributed by atoms with Crippen LogP contribution in [0.4, 0.5) is 0 Å². The van der Waals surface area contributed by atoms with Crippen LogP contribution in [0, 0.1) is 0 Å². The Bertz CT molecular complexity index is 727. The lowest BCUT2D eigenvalue weighted by Crippen LogP contribution is -2.38. The van der Waals surface area contributed by atoms with Gasteiger partial charge >= 0.3 is 0 Å². The molecular weight excluding hydrogens is 298 g/mol. The van der Waals surface area contributed by atoms with Gasteiger partial charge in [0.25, 0.3) is 5.91 Å². The molecule has 0 saturated heterocycles. The Morgan fingerprint density at radius 3 is 2.67 bits per heavy atom. The number of carbonyl (C=O) groups excluding carboxylic acids is 1. The van der Waals surface area contributed by atoms with E-state index in [1.54, 1.807) is 0 Å². The Labute approximate surface area is 143 Å². The predicted molar refractivity (Wildman–Crippen MR) is 99.2 cm³/mol. The minimum absolute atomic E-state index is 0.0832. The molecule has 3 rings (SSSR count). The fraction of sp³-hybridized carbons (Fsp3) is 0.400. The smallest absolute Gasteiger partial charge is 0.254 e. The maximum absolute atomic E-state index is 12.0. The highest BCUT2D eigenvalue weighted by Crippen LogP contribution is 2.19. The molecule has 0 atom stereocenters. The number of rotatable bonds is 5. The van der Waals surface area contributed by atoms with E-state index in [1.807, 2.05) is 31.2 Å². The van der Waals surface area contributed by atoms with E-state index < -0.39 is 0 Å². The fourth-order valence-corrected chi connectivity index (χ4v) is 3.33. The van der Waals surface area contributed by atoms with Crippen molar-refractivity contribution in [3.63, 3.8) is 0 Å². The lowest BCUT2D eigenvalue weighted by molar-refractivity contribution is -0.120. The number of hydrogen-bond donors (Lipinski definition) is 2. The molecule has 1 fully saturated rings. The van der Waals surface area contributed by atoms with Crippen molar-refractivity contribution in [3.05, 3.63) is 48.0 Å². The molecular formula is C20H25N3O. The van der Waals surface area contributed by atoms with Crippen molar-refractivity contribution in [1.29, 1.82) is 0 Å². The highest BCUT2D eigenvalue weighted by atomic mass is 16.2. The van der Waals surface area contributed by atoms with Crippen LogP contribution >= 0.6 is 0 Å². The Morgan fingerprint density at radius 2 is 1.83 bits per heavy atom. The Kier molecular flexibility index (Phi) is 5.59. The van der Waals surface area contributed by atoms with Gasteiger partial charge in [-0.3, -0.25) is 4.79 Å². The van der Waals surface area contributed by atoms with Crippen molar-refractivity contribution >= 4 is 22.4 Å². The molecule has 0 aliphatic heterocycles. The number of hydrazone groups is 1. The van der Waals surface area contributed by atoms with Gasteiger partial charge in [0, 0.05) is 11.6 Å². The molecule has 2 aromatic carbocycles. The summed E-state index contributed by atoms with van der Waals surface area (Å²) >= 11 is 0. The van der Waals surface area contributed by atoms with Gasteiger partial charge in [0.1, 0.15) is 0 Å². The first-order chi connectivity index (χ1) is 11.7. The van der Waals surface area contributed by atoms with Gasteiger partial charge in [0.05, 0.1) is 12.3 Å². The van der Waals surface area contributed by atoms with E-state index in [0.717, 1.165) is 16.7 Å². The van der Waals surface area contributed by atoms with Crippen molar-refractivity contribution in [2.75, 3.05) is 6.54 Å². The zero-order valence-electron chi connectivity index (χ0n) is 14.2. The van der Waals surface area contributed by atoms with E-state index in [-0.39, 0.29) is 5.91 Å². The molecule has 0 bridgehead atoms. The van der Waals surface area contributed by atoms with E-state index >= 15 is 0 Å².